The van der Waals surface area contributed by atoms with Crippen molar-refractivity contribution < 1.29 is 28.6 Å². The van der Waals surface area contributed by atoms with Gasteiger partial charge in [-0.2, -0.15) is 0 Å². The van der Waals surface area contributed by atoms with E-state index in [-0.39, 0.29) is 59.8 Å². The fraction of sp³-hybridized carbons (Fsp3) is 0.842. The highest BCUT2D eigenvalue weighted by Gasteiger charge is 2.63. The summed E-state index contributed by atoms with van der Waals surface area (Å²) < 4.78 is 16.0. The first kappa shape index (κ1) is 18.2. The van der Waals surface area contributed by atoms with E-state index in [2.05, 4.69) is 20.8 Å². The normalized spacial score (nSPS) is 33.9. The van der Waals surface area contributed by atoms with E-state index in [9.17, 15) is 14.4 Å². The number of hydrogen-bond acceptors (Lipinski definition) is 6. The van der Waals surface area contributed by atoms with Gasteiger partial charge in [-0.05, 0) is 31.1 Å². The largest absolute Gasteiger partial charge is 0.458 e. The molecule has 2 saturated carbocycles. The predicted octanol–water partition coefficient (Wildman–Crippen LogP) is 2.49. The number of carbonyl (C=O) groups is 3. The fourth-order valence-corrected chi connectivity index (χ4v) is 4.63. The number of fused-ring (bicyclic) bond motifs is 1. The van der Waals surface area contributed by atoms with Gasteiger partial charge in [-0.15, -0.1) is 0 Å². The number of esters is 3. The van der Waals surface area contributed by atoms with Crippen molar-refractivity contribution in [2.45, 2.75) is 65.6 Å². The monoisotopic (exact) mass is 352 g/mol. The molecule has 6 unspecified atom stereocenters. The highest BCUT2D eigenvalue weighted by Crippen LogP contribution is 2.55. The van der Waals surface area contributed by atoms with E-state index in [0.29, 0.717) is 12.8 Å². The Morgan fingerprint density at radius 2 is 2.00 bits per heavy atom. The van der Waals surface area contributed by atoms with E-state index in [1.807, 2.05) is 6.92 Å². The molecule has 6 atom stereocenters. The van der Waals surface area contributed by atoms with Crippen LogP contribution in [0.4, 0.5) is 0 Å². The second-order valence-electron chi connectivity index (χ2n) is 8.84. The number of hydrogen-bond donors (Lipinski definition) is 0. The van der Waals surface area contributed by atoms with Crippen LogP contribution in [0.15, 0.2) is 0 Å². The molecule has 1 saturated heterocycles. The summed E-state index contributed by atoms with van der Waals surface area (Å²) in [6, 6.07) is 0. The van der Waals surface area contributed by atoms with E-state index in [1.54, 1.807) is 0 Å². The Kier molecular flexibility index (Phi) is 4.82. The minimum absolute atomic E-state index is 0.00881. The predicted molar refractivity (Wildman–Crippen MR) is 88.3 cm³/mol. The summed E-state index contributed by atoms with van der Waals surface area (Å²) in [4.78, 5) is 36.0. The topological polar surface area (TPSA) is 78.9 Å². The van der Waals surface area contributed by atoms with Gasteiger partial charge >= 0.3 is 17.9 Å². The zero-order valence-electron chi connectivity index (χ0n) is 15.4. The molecule has 0 aromatic rings. The molecule has 1 aliphatic heterocycles. The summed E-state index contributed by atoms with van der Waals surface area (Å²) in [6.07, 6.45) is 2.32. The van der Waals surface area contributed by atoms with Gasteiger partial charge in [0.15, 0.2) is 6.61 Å². The number of rotatable bonds is 6. The van der Waals surface area contributed by atoms with Crippen molar-refractivity contribution in [2.24, 2.45) is 29.1 Å². The van der Waals surface area contributed by atoms with E-state index in [1.165, 1.54) is 0 Å². The van der Waals surface area contributed by atoms with Crippen LogP contribution in [0.2, 0.25) is 0 Å². The SMILES string of the molecule is CCC(CC(C)(C)C)C(=O)OCC(=O)OC1C2CC3C(=O)OC1C3C2. The Bertz CT molecular complexity index is 563. The summed E-state index contributed by atoms with van der Waals surface area (Å²) in [7, 11) is 0. The van der Waals surface area contributed by atoms with Gasteiger partial charge in [-0.1, -0.05) is 27.7 Å². The molecule has 6 heteroatoms. The Hall–Kier alpha value is -1.59. The molecule has 2 aliphatic carbocycles. The summed E-state index contributed by atoms with van der Waals surface area (Å²) >= 11 is 0. The molecule has 0 aromatic carbocycles. The maximum Gasteiger partial charge on any atom is 0.344 e. The van der Waals surface area contributed by atoms with E-state index in [0.717, 1.165) is 12.8 Å². The Balaban J connectivity index is 1.47. The average Bonchev–Trinajstić information content (AvgIpc) is 3.14. The molecular weight excluding hydrogens is 324 g/mol. The fourth-order valence-electron chi connectivity index (χ4n) is 4.63. The summed E-state index contributed by atoms with van der Waals surface area (Å²) in [5, 5.41) is 0. The van der Waals surface area contributed by atoms with Gasteiger partial charge in [0.1, 0.15) is 12.2 Å². The van der Waals surface area contributed by atoms with Gasteiger partial charge in [0.05, 0.1) is 11.8 Å². The molecule has 0 amide bonds. The van der Waals surface area contributed by atoms with Crippen molar-refractivity contribution >= 4 is 17.9 Å². The molecule has 25 heavy (non-hydrogen) atoms. The first-order valence-electron chi connectivity index (χ1n) is 9.26. The molecule has 3 aliphatic rings. The van der Waals surface area contributed by atoms with E-state index in [4.69, 9.17) is 14.2 Å². The van der Waals surface area contributed by atoms with Crippen molar-refractivity contribution in [3.8, 4) is 0 Å². The quantitative estimate of drug-likeness (QED) is 0.540. The second-order valence-corrected chi connectivity index (χ2v) is 8.84. The third-order valence-electron chi connectivity index (χ3n) is 5.70. The maximum atomic E-state index is 12.2. The zero-order valence-corrected chi connectivity index (χ0v) is 15.4. The van der Waals surface area contributed by atoms with Crippen LogP contribution in [0, 0.1) is 29.1 Å². The smallest absolute Gasteiger partial charge is 0.344 e. The van der Waals surface area contributed by atoms with Gasteiger partial charge in [0.25, 0.3) is 0 Å². The molecule has 3 rings (SSSR count). The van der Waals surface area contributed by atoms with Crippen LogP contribution >= 0.6 is 0 Å². The van der Waals surface area contributed by atoms with Gasteiger partial charge < -0.3 is 14.2 Å². The van der Waals surface area contributed by atoms with Crippen molar-refractivity contribution in [2.75, 3.05) is 6.61 Å². The number of carbonyl (C=O) groups excluding carboxylic acids is 3. The standard InChI is InChI=1S/C19H28O6/c1-5-10(8-19(2,3)4)17(21)23-9-14(20)24-15-11-6-12-13(7-11)18(22)25-16(12)15/h10-13,15-16H,5-9H2,1-4H3. The van der Waals surface area contributed by atoms with Crippen molar-refractivity contribution in [3.05, 3.63) is 0 Å². The Labute approximate surface area is 148 Å². The highest BCUT2D eigenvalue weighted by molar-refractivity contribution is 5.79. The molecule has 0 radical (unpaired) electrons. The maximum absolute atomic E-state index is 12.2. The first-order valence-corrected chi connectivity index (χ1v) is 9.26. The van der Waals surface area contributed by atoms with Crippen LogP contribution in [0.3, 0.4) is 0 Å². The van der Waals surface area contributed by atoms with Crippen molar-refractivity contribution in [1.29, 1.82) is 0 Å². The minimum Gasteiger partial charge on any atom is -0.458 e. The lowest BCUT2D eigenvalue weighted by Gasteiger charge is -2.26. The third-order valence-corrected chi connectivity index (χ3v) is 5.70. The van der Waals surface area contributed by atoms with Gasteiger partial charge in [-0.3, -0.25) is 9.59 Å². The molecule has 0 aromatic heterocycles. The van der Waals surface area contributed by atoms with Crippen LogP contribution in [-0.2, 0) is 28.6 Å². The van der Waals surface area contributed by atoms with Crippen LogP contribution in [-0.4, -0.2) is 36.7 Å². The summed E-state index contributed by atoms with van der Waals surface area (Å²) in [6.45, 7) is 7.78. The summed E-state index contributed by atoms with van der Waals surface area (Å²) in [5.74, 6) is -0.914. The van der Waals surface area contributed by atoms with Crippen LogP contribution in [0.5, 0.6) is 0 Å². The molecule has 1 heterocycles. The Morgan fingerprint density at radius 3 is 2.64 bits per heavy atom. The minimum atomic E-state index is -0.559. The third kappa shape index (κ3) is 3.67. The van der Waals surface area contributed by atoms with Crippen LogP contribution in [0.1, 0.15) is 53.4 Å². The zero-order chi connectivity index (χ0) is 18.4. The lowest BCUT2D eigenvalue weighted by molar-refractivity contribution is -0.171. The molecule has 0 N–H and O–H groups in total. The molecule has 2 bridgehead atoms. The van der Waals surface area contributed by atoms with Crippen LogP contribution < -0.4 is 0 Å². The lowest BCUT2D eigenvalue weighted by atomic mass is 9.83. The summed E-state index contributed by atoms with van der Waals surface area (Å²) in [5.41, 5.74) is 0.0200. The van der Waals surface area contributed by atoms with Gasteiger partial charge in [0.2, 0.25) is 0 Å². The average molecular weight is 352 g/mol. The van der Waals surface area contributed by atoms with Crippen LogP contribution in [0.25, 0.3) is 0 Å². The first-order chi connectivity index (χ1) is 11.7. The molecule has 140 valence electrons. The van der Waals surface area contributed by atoms with E-state index >= 15 is 0 Å². The van der Waals surface area contributed by atoms with Crippen molar-refractivity contribution in [1.82, 2.24) is 0 Å². The van der Waals surface area contributed by atoms with Gasteiger partial charge in [0, 0.05) is 11.8 Å². The molecule has 3 fully saturated rings. The van der Waals surface area contributed by atoms with Crippen molar-refractivity contribution in [3.63, 3.8) is 0 Å². The molecular formula is C19H28O6. The Morgan fingerprint density at radius 1 is 1.28 bits per heavy atom. The molecule has 6 nitrogen and oxygen atoms in total. The highest BCUT2D eigenvalue weighted by atomic mass is 16.6. The second kappa shape index (κ2) is 6.61. The van der Waals surface area contributed by atoms with Gasteiger partial charge in [-0.25, -0.2) is 4.79 Å². The molecule has 0 spiro atoms. The lowest BCUT2D eigenvalue weighted by Crippen LogP contribution is -2.37. The number of ether oxygens (including phenoxy) is 3. The van der Waals surface area contributed by atoms with E-state index < -0.39 is 5.97 Å².